The second kappa shape index (κ2) is 3.97. The van der Waals surface area contributed by atoms with Gasteiger partial charge in [-0.3, -0.25) is 4.79 Å². The van der Waals surface area contributed by atoms with Gasteiger partial charge in [0.15, 0.2) is 0 Å². The smallest absolute Gasteiger partial charge is 0.322 e. The number of hydrogen-bond donors (Lipinski definition) is 1. The normalized spacial score (nSPS) is 19.8. The molecule has 1 heterocycles. The van der Waals surface area contributed by atoms with E-state index in [4.69, 9.17) is 0 Å². The van der Waals surface area contributed by atoms with Gasteiger partial charge >= 0.3 is 6.18 Å². The zero-order chi connectivity index (χ0) is 12.8. The molecule has 1 aliphatic rings. The van der Waals surface area contributed by atoms with Crippen LogP contribution in [-0.4, -0.2) is 14.8 Å². The van der Waals surface area contributed by atoms with Crippen molar-refractivity contribution in [2.45, 2.75) is 24.3 Å². The minimum atomic E-state index is -4.73. The summed E-state index contributed by atoms with van der Waals surface area (Å²) in [5.41, 5.74) is -1.31. The molecule has 3 nitrogen and oxygen atoms in total. The minimum Gasteiger partial charge on any atom is -0.322 e. The molecular weight excluding hydrogens is 301 g/mol. The van der Waals surface area contributed by atoms with E-state index in [1.165, 1.54) is 0 Å². The highest BCUT2D eigenvalue weighted by Gasteiger charge is 2.37. The van der Waals surface area contributed by atoms with Gasteiger partial charge in [0.05, 0.1) is 5.69 Å². The van der Waals surface area contributed by atoms with Crippen LogP contribution in [0, 0.1) is 0 Å². The summed E-state index contributed by atoms with van der Waals surface area (Å²) in [4.78, 5) is 17.0. The third-order valence-electron chi connectivity index (χ3n) is 2.46. The van der Waals surface area contributed by atoms with E-state index in [0.29, 0.717) is 17.7 Å². The first-order valence-electron chi connectivity index (χ1n) is 4.82. The molecule has 1 unspecified atom stereocenters. The maximum Gasteiger partial charge on any atom is 0.438 e. The Kier molecular flexibility index (Phi) is 2.89. The van der Waals surface area contributed by atoms with Crippen LogP contribution in [0.2, 0.25) is 0 Å². The van der Waals surface area contributed by atoms with Gasteiger partial charge in [0, 0.05) is 16.9 Å². The van der Waals surface area contributed by atoms with Gasteiger partial charge in [0.25, 0.3) is 5.56 Å². The van der Waals surface area contributed by atoms with E-state index in [9.17, 15) is 18.0 Å². The summed E-state index contributed by atoms with van der Waals surface area (Å²) < 4.78 is 37.5. The number of allylic oxidation sites excluding steroid dienone is 2. The Labute approximate surface area is 103 Å². The molecular formula is C10H8BrF3N2O. The van der Waals surface area contributed by atoms with Crippen molar-refractivity contribution in [3.8, 4) is 0 Å². The lowest BCUT2D eigenvalue weighted by Gasteiger charge is -2.18. The minimum absolute atomic E-state index is 0.00388. The predicted molar refractivity (Wildman–Crippen MR) is 59.9 cm³/mol. The van der Waals surface area contributed by atoms with Crippen molar-refractivity contribution in [2.75, 3.05) is 0 Å². The maximum atomic E-state index is 12.5. The van der Waals surface area contributed by atoms with Gasteiger partial charge in [-0.1, -0.05) is 22.0 Å². The molecule has 0 amide bonds. The second-order valence-corrected chi connectivity index (χ2v) is 4.99. The molecule has 0 spiro atoms. The van der Waals surface area contributed by atoms with Crippen LogP contribution >= 0.6 is 15.9 Å². The summed E-state index contributed by atoms with van der Waals surface area (Å²) in [7, 11) is 0. The van der Waals surface area contributed by atoms with E-state index in [-0.39, 0.29) is 10.5 Å². The molecule has 7 heteroatoms. The molecule has 0 saturated carbocycles. The summed E-state index contributed by atoms with van der Waals surface area (Å²) in [6, 6.07) is 0. The predicted octanol–water partition coefficient (Wildman–Crippen LogP) is 2.51. The average molecular weight is 309 g/mol. The summed E-state index contributed by atoms with van der Waals surface area (Å²) in [5, 5.41) is 0. The number of alkyl halides is 4. The molecule has 1 aliphatic carbocycles. The summed E-state index contributed by atoms with van der Waals surface area (Å²) in [5.74, 6) is 0. The van der Waals surface area contributed by atoms with Crippen LogP contribution in [0.1, 0.15) is 24.0 Å². The summed E-state index contributed by atoms with van der Waals surface area (Å²) in [6.45, 7) is 1.66. The van der Waals surface area contributed by atoms with Gasteiger partial charge in [0.2, 0.25) is 5.69 Å². The van der Waals surface area contributed by atoms with Gasteiger partial charge in [-0.2, -0.15) is 13.2 Å². The Hall–Kier alpha value is -1.11. The molecule has 1 aromatic heterocycles. The molecule has 0 radical (unpaired) electrons. The van der Waals surface area contributed by atoms with E-state index >= 15 is 0 Å². The van der Waals surface area contributed by atoms with Crippen molar-refractivity contribution >= 4 is 21.5 Å². The molecule has 17 heavy (non-hydrogen) atoms. The Morgan fingerprint density at radius 1 is 1.53 bits per heavy atom. The third-order valence-corrected chi connectivity index (χ3v) is 3.05. The molecule has 1 N–H and O–H groups in total. The van der Waals surface area contributed by atoms with E-state index in [2.05, 4.69) is 25.9 Å². The van der Waals surface area contributed by atoms with Crippen LogP contribution in [0.5, 0.6) is 0 Å². The van der Waals surface area contributed by atoms with Crippen LogP contribution in [0.15, 0.2) is 10.9 Å². The highest BCUT2D eigenvalue weighted by Crippen LogP contribution is 2.29. The molecule has 0 aliphatic heterocycles. The van der Waals surface area contributed by atoms with Crippen LogP contribution in [0.3, 0.4) is 0 Å². The lowest BCUT2D eigenvalue weighted by atomic mass is 10.0. The number of halogens is 4. The fourth-order valence-electron chi connectivity index (χ4n) is 1.76. The molecule has 0 bridgehead atoms. The quantitative estimate of drug-likeness (QED) is 0.749. The maximum absolute atomic E-state index is 12.5. The number of aromatic amines is 1. The lowest BCUT2D eigenvalue weighted by Crippen LogP contribution is -2.28. The first-order valence-corrected chi connectivity index (χ1v) is 5.74. The number of rotatable bonds is 0. The monoisotopic (exact) mass is 308 g/mol. The largest absolute Gasteiger partial charge is 0.438 e. The van der Waals surface area contributed by atoms with Crippen LogP contribution in [0.25, 0.3) is 5.57 Å². The fourth-order valence-corrected chi connectivity index (χ4v) is 2.48. The van der Waals surface area contributed by atoms with Crippen LogP contribution in [0.4, 0.5) is 13.2 Å². The van der Waals surface area contributed by atoms with Crippen molar-refractivity contribution in [2.24, 2.45) is 0 Å². The molecule has 1 atom stereocenters. The number of hydrogen-bond acceptors (Lipinski definition) is 2. The molecule has 2 rings (SSSR count). The van der Waals surface area contributed by atoms with Gasteiger partial charge < -0.3 is 4.98 Å². The highest BCUT2D eigenvalue weighted by atomic mass is 79.9. The van der Waals surface area contributed by atoms with Gasteiger partial charge in [-0.05, 0) is 12.5 Å². The first-order chi connectivity index (χ1) is 7.79. The zero-order valence-corrected chi connectivity index (χ0v) is 10.3. The van der Waals surface area contributed by atoms with Gasteiger partial charge in [-0.25, -0.2) is 4.98 Å². The fraction of sp³-hybridized carbons (Fsp3) is 0.400. The summed E-state index contributed by atoms with van der Waals surface area (Å²) >= 11 is 3.33. The molecule has 92 valence electrons. The third kappa shape index (κ3) is 2.29. The molecule has 0 aromatic carbocycles. The number of nitrogens with zero attached hydrogens (tertiary/aromatic N) is 1. The Balaban J connectivity index is 2.64. The number of aromatic nitrogens is 2. The van der Waals surface area contributed by atoms with Crippen molar-refractivity contribution in [3.63, 3.8) is 0 Å². The van der Waals surface area contributed by atoms with Crippen molar-refractivity contribution < 1.29 is 13.2 Å². The molecule has 0 saturated heterocycles. The number of nitrogens with one attached hydrogen (secondary N) is 1. The topological polar surface area (TPSA) is 45.8 Å². The van der Waals surface area contributed by atoms with Crippen molar-refractivity contribution in [1.82, 2.24) is 9.97 Å². The van der Waals surface area contributed by atoms with E-state index < -0.39 is 17.4 Å². The van der Waals surface area contributed by atoms with Gasteiger partial charge in [-0.15, -0.1) is 0 Å². The van der Waals surface area contributed by atoms with E-state index in [0.717, 1.165) is 0 Å². The van der Waals surface area contributed by atoms with Crippen LogP contribution < -0.4 is 5.56 Å². The van der Waals surface area contributed by atoms with Gasteiger partial charge in [0.1, 0.15) is 0 Å². The zero-order valence-electron chi connectivity index (χ0n) is 8.73. The molecule has 0 fully saturated rings. The Morgan fingerprint density at radius 3 is 2.76 bits per heavy atom. The van der Waals surface area contributed by atoms with Crippen molar-refractivity contribution in [3.05, 3.63) is 33.5 Å². The van der Waals surface area contributed by atoms with Crippen molar-refractivity contribution in [1.29, 1.82) is 0 Å². The number of H-pyrrole nitrogens is 1. The standard InChI is InChI=1S/C10H8BrF3N2O/c1-4-2-5(11)3-6-7(4)16-8(9(17)15-6)10(12,13)14/h2,5H,3H2,1H3,(H,15,17). The SMILES string of the molecule is CC1=CC(Br)Cc2[nH]c(=O)c(C(F)(F)F)nc21. The summed E-state index contributed by atoms with van der Waals surface area (Å²) in [6.07, 6.45) is -2.53. The average Bonchev–Trinajstić information content (AvgIpc) is 2.13. The highest BCUT2D eigenvalue weighted by molar-refractivity contribution is 9.09. The Bertz CT molecular complexity index is 547. The lowest BCUT2D eigenvalue weighted by molar-refractivity contribution is -0.142. The number of fused-ring (bicyclic) bond motifs is 1. The van der Waals surface area contributed by atoms with E-state index in [1.54, 1.807) is 13.0 Å². The second-order valence-electron chi connectivity index (χ2n) is 3.81. The van der Waals surface area contributed by atoms with Crippen LogP contribution in [-0.2, 0) is 12.6 Å². The first kappa shape index (κ1) is 12.3. The Morgan fingerprint density at radius 2 is 2.18 bits per heavy atom. The molecule has 1 aromatic rings. The van der Waals surface area contributed by atoms with E-state index in [1.807, 2.05) is 0 Å².